The predicted octanol–water partition coefficient (Wildman–Crippen LogP) is 11.5. The molecule has 6 aromatic carbocycles. The summed E-state index contributed by atoms with van der Waals surface area (Å²) in [7, 11) is 0. The highest BCUT2D eigenvalue weighted by Crippen LogP contribution is 2.55. The van der Waals surface area contributed by atoms with Crippen LogP contribution < -0.4 is 0 Å². The van der Waals surface area contributed by atoms with Crippen molar-refractivity contribution < 1.29 is 4.42 Å². The van der Waals surface area contributed by atoms with E-state index in [0.717, 1.165) is 55.7 Å². The Morgan fingerprint density at radius 3 is 1.85 bits per heavy atom. The van der Waals surface area contributed by atoms with Gasteiger partial charge in [0.05, 0.1) is 16.9 Å². The minimum atomic E-state index is -0.232. The number of fused-ring (bicyclic) bond motifs is 13. The van der Waals surface area contributed by atoms with Gasteiger partial charge < -0.3 is 4.42 Å². The molecule has 0 saturated heterocycles. The summed E-state index contributed by atoms with van der Waals surface area (Å²) in [5.41, 5.74) is 12.5. The van der Waals surface area contributed by atoms with Crippen molar-refractivity contribution in [2.24, 2.45) is 0 Å². The Bertz CT molecular complexity index is 2680. The van der Waals surface area contributed by atoms with Gasteiger partial charge in [-0.2, -0.15) is 0 Å². The molecule has 0 saturated carbocycles. The highest BCUT2D eigenvalue weighted by molar-refractivity contribution is 6.24. The van der Waals surface area contributed by atoms with Crippen molar-refractivity contribution in [1.82, 2.24) is 9.97 Å². The van der Waals surface area contributed by atoms with E-state index in [2.05, 4.69) is 135 Å². The minimum absolute atomic E-state index is 0.232. The predicted molar refractivity (Wildman–Crippen MR) is 190 cm³/mol. The fraction of sp³-hybridized carbons (Fsp3) is 0.0698. The molecule has 46 heavy (non-hydrogen) atoms. The van der Waals surface area contributed by atoms with Gasteiger partial charge in [0.2, 0.25) is 0 Å². The van der Waals surface area contributed by atoms with Crippen molar-refractivity contribution in [3.8, 4) is 33.6 Å². The number of aromatic nitrogens is 2. The lowest BCUT2D eigenvalue weighted by atomic mass is 9.80. The van der Waals surface area contributed by atoms with Crippen LogP contribution in [-0.4, -0.2) is 9.97 Å². The third kappa shape index (κ3) is 3.37. The number of pyridine rings is 2. The Morgan fingerprint density at radius 1 is 0.500 bits per heavy atom. The van der Waals surface area contributed by atoms with Crippen LogP contribution in [-0.2, 0) is 5.41 Å². The second kappa shape index (κ2) is 9.12. The largest absolute Gasteiger partial charge is 0.454 e. The average Bonchev–Trinajstić information content (AvgIpc) is 3.60. The van der Waals surface area contributed by atoms with Crippen molar-refractivity contribution >= 4 is 54.5 Å². The van der Waals surface area contributed by atoms with E-state index in [1.807, 2.05) is 12.1 Å². The van der Waals surface area contributed by atoms with Crippen LogP contribution in [0.4, 0.5) is 0 Å². The molecule has 3 heteroatoms. The summed E-state index contributed by atoms with van der Waals surface area (Å²) in [6.07, 6.45) is 0. The van der Waals surface area contributed by atoms with E-state index in [9.17, 15) is 0 Å². The summed E-state index contributed by atoms with van der Waals surface area (Å²) < 4.78 is 6.53. The zero-order valence-corrected chi connectivity index (χ0v) is 25.5. The van der Waals surface area contributed by atoms with Crippen LogP contribution >= 0.6 is 0 Å². The first-order valence-electron chi connectivity index (χ1n) is 15.8. The average molecular weight is 589 g/mol. The molecule has 0 amide bonds. The van der Waals surface area contributed by atoms with Gasteiger partial charge in [0, 0.05) is 43.8 Å². The molecular formula is C43H28N2O. The third-order valence-corrected chi connectivity index (χ3v) is 10.0. The van der Waals surface area contributed by atoms with E-state index in [-0.39, 0.29) is 5.41 Å². The molecular weight excluding hydrogens is 560 g/mol. The van der Waals surface area contributed by atoms with Gasteiger partial charge in [-0.15, -0.1) is 0 Å². The molecule has 0 unspecified atom stereocenters. The van der Waals surface area contributed by atoms with Crippen molar-refractivity contribution in [1.29, 1.82) is 0 Å². The molecule has 9 aromatic rings. The maximum absolute atomic E-state index is 6.53. The van der Waals surface area contributed by atoms with Crippen LogP contribution in [0.2, 0.25) is 0 Å². The van der Waals surface area contributed by atoms with Crippen LogP contribution in [0.5, 0.6) is 0 Å². The first kappa shape index (κ1) is 25.5. The SMILES string of the molecule is CC1(C)c2ccccc2-c2c1c(-c1ccc(-c3ccc4c5ccccc5c5ccccc5c4n3)cc1)nc1c2oc2ccccc21. The van der Waals surface area contributed by atoms with Gasteiger partial charge >= 0.3 is 0 Å². The van der Waals surface area contributed by atoms with Crippen molar-refractivity contribution in [2.75, 3.05) is 0 Å². The molecule has 3 aromatic heterocycles. The topological polar surface area (TPSA) is 38.9 Å². The van der Waals surface area contributed by atoms with Gasteiger partial charge in [-0.1, -0.05) is 123 Å². The van der Waals surface area contributed by atoms with E-state index in [0.29, 0.717) is 0 Å². The monoisotopic (exact) mass is 588 g/mol. The van der Waals surface area contributed by atoms with Gasteiger partial charge in [0.1, 0.15) is 11.1 Å². The molecule has 3 nitrogen and oxygen atoms in total. The molecule has 3 heterocycles. The summed E-state index contributed by atoms with van der Waals surface area (Å²) in [6.45, 7) is 4.61. The summed E-state index contributed by atoms with van der Waals surface area (Å²) in [5.74, 6) is 0. The van der Waals surface area contributed by atoms with Crippen molar-refractivity contribution in [3.63, 3.8) is 0 Å². The number of hydrogen-bond donors (Lipinski definition) is 0. The minimum Gasteiger partial charge on any atom is -0.454 e. The third-order valence-electron chi connectivity index (χ3n) is 10.0. The number of hydrogen-bond acceptors (Lipinski definition) is 3. The maximum atomic E-state index is 6.53. The fourth-order valence-corrected chi connectivity index (χ4v) is 7.89. The van der Waals surface area contributed by atoms with E-state index >= 15 is 0 Å². The zero-order valence-electron chi connectivity index (χ0n) is 25.5. The summed E-state index contributed by atoms with van der Waals surface area (Å²) in [5, 5.41) is 7.12. The Kier molecular flexibility index (Phi) is 5.06. The van der Waals surface area contributed by atoms with E-state index < -0.39 is 0 Å². The van der Waals surface area contributed by atoms with Gasteiger partial charge in [-0.3, -0.25) is 0 Å². The smallest absolute Gasteiger partial charge is 0.162 e. The second-order valence-corrected chi connectivity index (χ2v) is 12.9. The zero-order chi connectivity index (χ0) is 30.6. The number of benzene rings is 6. The van der Waals surface area contributed by atoms with Gasteiger partial charge in [0.15, 0.2) is 5.58 Å². The van der Waals surface area contributed by atoms with Crippen LogP contribution in [0.1, 0.15) is 25.0 Å². The molecule has 10 rings (SSSR count). The first-order valence-corrected chi connectivity index (χ1v) is 15.8. The Labute approximate surface area is 265 Å². The second-order valence-electron chi connectivity index (χ2n) is 12.9. The molecule has 0 radical (unpaired) electrons. The highest BCUT2D eigenvalue weighted by atomic mass is 16.3. The quantitative estimate of drug-likeness (QED) is 0.189. The molecule has 0 atom stereocenters. The van der Waals surface area contributed by atoms with E-state index in [1.54, 1.807) is 0 Å². The van der Waals surface area contributed by atoms with Crippen LogP contribution in [0.3, 0.4) is 0 Å². The molecule has 0 spiro atoms. The van der Waals surface area contributed by atoms with Gasteiger partial charge in [-0.05, 0) is 51.6 Å². The number of rotatable bonds is 2. The standard InChI is InChI=1S/C43H28N2O/c1-43(2)34-17-9-7-15-32(34)37-38(43)39(45-41-33-16-8-10-18-36(33)46-42(37)41)26-21-19-25(20-22-26)35-24-23-31-29-13-4-3-11-27(29)28-12-5-6-14-30(28)40(31)44-35/h3-24H,1-2H3. The lowest BCUT2D eigenvalue weighted by Crippen LogP contribution is -2.17. The summed E-state index contributed by atoms with van der Waals surface area (Å²) >= 11 is 0. The lowest BCUT2D eigenvalue weighted by Gasteiger charge is -2.24. The Balaban J connectivity index is 1.17. The lowest BCUT2D eigenvalue weighted by molar-refractivity contribution is 0.651. The summed E-state index contributed by atoms with van der Waals surface area (Å²) in [6, 6.07) is 47.3. The Hall–Kier alpha value is -5.80. The number of nitrogens with zero attached hydrogens (tertiary/aromatic N) is 2. The van der Waals surface area contributed by atoms with Crippen LogP contribution in [0, 0.1) is 0 Å². The number of para-hydroxylation sites is 1. The summed E-state index contributed by atoms with van der Waals surface area (Å²) in [4.78, 5) is 10.7. The fourth-order valence-electron chi connectivity index (χ4n) is 7.89. The normalized spacial score (nSPS) is 13.6. The van der Waals surface area contributed by atoms with E-state index in [1.165, 1.54) is 43.6 Å². The molecule has 0 aliphatic heterocycles. The first-order chi connectivity index (χ1) is 22.6. The molecule has 0 fully saturated rings. The van der Waals surface area contributed by atoms with Crippen LogP contribution in [0.15, 0.2) is 138 Å². The Morgan fingerprint density at radius 2 is 1.09 bits per heavy atom. The molecule has 1 aliphatic carbocycles. The maximum Gasteiger partial charge on any atom is 0.162 e. The number of furan rings is 1. The molecule has 0 N–H and O–H groups in total. The van der Waals surface area contributed by atoms with Crippen LogP contribution in [0.25, 0.3) is 88.2 Å². The van der Waals surface area contributed by atoms with Crippen molar-refractivity contribution in [3.05, 3.63) is 145 Å². The molecule has 216 valence electrons. The van der Waals surface area contributed by atoms with Crippen molar-refractivity contribution in [2.45, 2.75) is 19.3 Å². The molecule has 0 bridgehead atoms. The van der Waals surface area contributed by atoms with Gasteiger partial charge in [0.25, 0.3) is 0 Å². The molecule has 1 aliphatic rings. The van der Waals surface area contributed by atoms with Gasteiger partial charge in [-0.25, -0.2) is 9.97 Å². The highest BCUT2D eigenvalue weighted by Gasteiger charge is 2.40. The van der Waals surface area contributed by atoms with E-state index in [4.69, 9.17) is 14.4 Å².